The lowest BCUT2D eigenvalue weighted by Gasteiger charge is -2.29. The van der Waals surface area contributed by atoms with Crippen molar-refractivity contribution in [3.63, 3.8) is 0 Å². The predicted molar refractivity (Wildman–Crippen MR) is 416 cm³/mol. The molecule has 0 aromatic heterocycles. The third-order valence-electron chi connectivity index (χ3n) is 18.6. The van der Waals surface area contributed by atoms with Crippen molar-refractivity contribution < 1.29 is 0 Å². The Kier molecular flexibility index (Phi) is 16.9. The zero-order valence-corrected chi connectivity index (χ0v) is 54.2. The van der Waals surface area contributed by atoms with Crippen LogP contribution in [0.15, 0.2) is 413 Å². The van der Waals surface area contributed by atoms with Crippen molar-refractivity contribution >= 4 is 34.1 Å². The maximum Gasteiger partial charge on any atom is 0.0540 e. The quantitative estimate of drug-likeness (QED) is 0.0896. The van der Waals surface area contributed by atoms with E-state index in [0.29, 0.717) is 0 Å². The molecule has 0 radical (unpaired) electrons. The van der Waals surface area contributed by atoms with Gasteiger partial charge in [0.15, 0.2) is 0 Å². The van der Waals surface area contributed by atoms with Crippen molar-refractivity contribution in [3.05, 3.63) is 413 Å². The minimum Gasteiger partial charge on any atom is -0.310 e. The highest BCUT2D eigenvalue weighted by molar-refractivity contribution is 5.97. The van der Waals surface area contributed by atoms with Gasteiger partial charge in [-0.05, 0) is 202 Å². The number of para-hydroxylation sites is 2. The van der Waals surface area contributed by atoms with E-state index in [2.05, 4.69) is 422 Å². The predicted octanol–water partition coefficient (Wildman–Crippen LogP) is 27.0. The van der Waals surface area contributed by atoms with E-state index < -0.39 is 0 Å². The zero-order chi connectivity index (χ0) is 65.4. The van der Waals surface area contributed by atoms with Crippen LogP contribution >= 0.6 is 0 Å². The fourth-order valence-electron chi connectivity index (χ4n) is 13.9. The van der Waals surface area contributed by atoms with Gasteiger partial charge in [0.05, 0.1) is 11.4 Å². The molecule has 0 aliphatic carbocycles. The monoisotopic (exact) mass is 1250 g/mol. The highest BCUT2D eigenvalue weighted by Gasteiger charge is 2.24. The molecule has 98 heavy (non-hydrogen) atoms. The summed E-state index contributed by atoms with van der Waals surface area (Å²) in [5.74, 6) is 0. The van der Waals surface area contributed by atoms with Crippen molar-refractivity contribution in [3.8, 4) is 122 Å². The number of benzene rings is 16. The van der Waals surface area contributed by atoms with Gasteiger partial charge in [-0.25, -0.2) is 0 Å². The Bertz CT molecular complexity index is 5340. The van der Waals surface area contributed by atoms with Crippen LogP contribution in [0.2, 0.25) is 0 Å². The molecule has 2 heteroatoms. The van der Waals surface area contributed by atoms with Gasteiger partial charge in [-0.1, -0.05) is 322 Å². The molecule has 0 unspecified atom stereocenters. The largest absolute Gasteiger partial charge is 0.310 e. The minimum atomic E-state index is 1.04. The summed E-state index contributed by atoms with van der Waals surface area (Å²) in [4.78, 5) is 4.89. The summed E-state index contributed by atoms with van der Waals surface area (Å²) in [5, 5.41) is 0. The number of rotatable bonds is 17. The molecule has 2 nitrogen and oxygen atoms in total. The highest BCUT2D eigenvalue weighted by atomic mass is 15.2. The van der Waals surface area contributed by atoms with Crippen LogP contribution < -0.4 is 9.80 Å². The summed E-state index contributed by atoms with van der Waals surface area (Å²) < 4.78 is 0. The van der Waals surface area contributed by atoms with Crippen LogP contribution in [0.25, 0.3) is 122 Å². The molecule has 16 rings (SSSR count). The van der Waals surface area contributed by atoms with E-state index >= 15 is 0 Å². The molecule has 0 aliphatic heterocycles. The third kappa shape index (κ3) is 12.6. The summed E-state index contributed by atoms with van der Waals surface area (Å²) in [6.45, 7) is 0. The molecule has 0 fully saturated rings. The molecule has 0 atom stereocenters. The van der Waals surface area contributed by atoms with Crippen molar-refractivity contribution in [2.24, 2.45) is 0 Å². The van der Waals surface area contributed by atoms with Crippen molar-refractivity contribution in [2.75, 3.05) is 9.80 Å². The smallest absolute Gasteiger partial charge is 0.0540 e. The fourth-order valence-corrected chi connectivity index (χ4v) is 13.9. The van der Waals surface area contributed by atoms with Crippen LogP contribution in [0, 0.1) is 0 Å². The molecule has 462 valence electrons. The molecule has 0 N–H and O–H groups in total. The first kappa shape index (κ1) is 60.1. The summed E-state index contributed by atoms with van der Waals surface area (Å²) in [6.07, 6.45) is 0. The van der Waals surface area contributed by atoms with Crippen molar-refractivity contribution in [1.82, 2.24) is 0 Å². The van der Waals surface area contributed by atoms with Crippen LogP contribution in [-0.2, 0) is 0 Å². The van der Waals surface area contributed by atoms with Crippen molar-refractivity contribution in [1.29, 1.82) is 0 Å². The standard InChI is InChI=1S/C96H68N2/c1-8-30-69(31-9-1)77-45-27-49-85(64-77)97(86-50-28-46-78(65-86)70-32-10-2-11-33-70)96-55-25-23-53-92(96)84-62-82(72-36-14-4-15-37-72)61-83(63-84)76-44-26-48-80(60-76)90-59-57-88(68-94(90)75-42-20-7-21-43-75)98(87-51-29-47-79(66-87)71-34-12-3-13-35-71)95-54-24-22-52-91(95)81-56-58-89(73-38-16-5-17-39-73)93(67-81)74-40-18-6-19-41-74/h1-68H. The Morgan fingerprint density at radius 1 is 0.112 bits per heavy atom. The second-order valence-electron chi connectivity index (χ2n) is 24.8. The van der Waals surface area contributed by atoms with Gasteiger partial charge in [-0.15, -0.1) is 0 Å². The van der Waals surface area contributed by atoms with Crippen molar-refractivity contribution in [2.45, 2.75) is 0 Å². The summed E-state index contributed by atoms with van der Waals surface area (Å²) in [5.41, 5.74) is 31.5. The number of hydrogen-bond acceptors (Lipinski definition) is 2. The molecule has 0 saturated carbocycles. The maximum absolute atomic E-state index is 2.46. The Morgan fingerprint density at radius 2 is 0.378 bits per heavy atom. The SMILES string of the molecule is c1ccc(-c2cc(-c3cccc(-c4ccc(N(c5cccc(-c6ccccc6)c5)c5ccccc5-c5ccc(-c6ccccc6)c(-c6ccccc6)c5)cc4-c4ccccc4)c3)cc(-c3ccccc3N(c3cccc(-c4ccccc4)c3)c3cccc(-c4ccccc4)c3)c2)cc1. The molecule has 0 heterocycles. The molecular formula is C96H68N2. The van der Waals surface area contributed by atoms with Gasteiger partial charge in [0.1, 0.15) is 0 Å². The second kappa shape index (κ2) is 27.6. The lowest BCUT2D eigenvalue weighted by atomic mass is 9.89. The topological polar surface area (TPSA) is 6.48 Å². The van der Waals surface area contributed by atoms with Gasteiger partial charge < -0.3 is 9.80 Å². The molecule has 16 aromatic carbocycles. The molecule has 0 amide bonds. The van der Waals surface area contributed by atoms with Gasteiger partial charge in [-0.3, -0.25) is 0 Å². The van der Waals surface area contributed by atoms with E-state index in [1.165, 1.54) is 33.4 Å². The van der Waals surface area contributed by atoms with E-state index in [1.54, 1.807) is 0 Å². The first-order chi connectivity index (χ1) is 48.6. The molecule has 0 aliphatic rings. The van der Waals surface area contributed by atoms with E-state index in [4.69, 9.17) is 0 Å². The highest BCUT2D eigenvalue weighted by Crippen LogP contribution is 2.49. The molecule has 0 bridgehead atoms. The maximum atomic E-state index is 2.46. The fraction of sp³-hybridized carbons (Fsp3) is 0. The second-order valence-corrected chi connectivity index (χ2v) is 24.8. The zero-order valence-electron chi connectivity index (χ0n) is 54.2. The Morgan fingerprint density at radius 3 is 0.827 bits per heavy atom. The average Bonchev–Trinajstić information content (AvgIpc) is 0.783. The molecular weight excluding hydrogens is 1180 g/mol. The van der Waals surface area contributed by atoms with E-state index in [9.17, 15) is 0 Å². The summed E-state index contributed by atoms with van der Waals surface area (Å²) >= 11 is 0. The molecule has 16 aromatic rings. The first-order valence-electron chi connectivity index (χ1n) is 33.6. The third-order valence-corrected chi connectivity index (χ3v) is 18.6. The van der Waals surface area contributed by atoms with Crippen LogP contribution in [0.1, 0.15) is 0 Å². The lowest BCUT2D eigenvalue weighted by Crippen LogP contribution is -2.11. The van der Waals surface area contributed by atoms with Crippen LogP contribution in [-0.4, -0.2) is 0 Å². The van der Waals surface area contributed by atoms with Gasteiger partial charge in [0, 0.05) is 33.9 Å². The Labute approximate surface area is 575 Å². The average molecular weight is 1250 g/mol. The van der Waals surface area contributed by atoms with Gasteiger partial charge in [-0.2, -0.15) is 0 Å². The summed E-state index contributed by atoms with van der Waals surface area (Å²) in [6, 6.07) is 150. The first-order valence-corrected chi connectivity index (χ1v) is 33.6. The van der Waals surface area contributed by atoms with Gasteiger partial charge >= 0.3 is 0 Å². The number of nitrogens with zero attached hydrogens (tertiary/aromatic N) is 2. The molecule has 0 spiro atoms. The van der Waals surface area contributed by atoms with Crippen LogP contribution in [0.5, 0.6) is 0 Å². The number of hydrogen-bond donors (Lipinski definition) is 0. The van der Waals surface area contributed by atoms with E-state index in [1.807, 2.05) is 0 Å². The van der Waals surface area contributed by atoms with Crippen LogP contribution in [0.4, 0.5) is 34.1 Å². The number of anilines is 6. The van der Waals surface area contributed by atoms with Crippen LogP contribution in [0.3, 0.4) is 0 Å². The normalized spacial score (nSPS) is 11.1. The summed E-state index contributed by atoms with van der Waals surface area (Å²) in [7, 11) is 0. The van der Waals surface area contributed by atoms with Gasteiger partial charge in [0.2, 0.25) is 0 Å². The Balaban J connectivity index is 0.844. The Hall–Kier alpha value is -12.9. The minimum absolute atomic E-state index is 1.04. The van der Waals surface area contributed by atoms with Gasteiger partial charge in [0.25, 0.3) is 0 Å². The molecule has 0 saturated heterocycles. The van der Waals surface area contributed by atoms with E-state index in [0.717, 1.165) is 123 Å². The lowest BCUT2D eigenvalue weighted by molar-refractivity contribution is 1.28. The van der Waals surface area contributed by atoms with E-state index in [-0.39, 0.29) is 0 Å².